The number of hydrogen-bond acceptors (Lipinski definition) is 3. The number of para-hydroxylation sites is 1. The Balaban J connectivity index is 2.21. The first kappa shape index (κ1) is 15.3. The second kappa shape index (κ2) is 7.09. The van der Waals surface area contributed by atoms with Gasteiger partial charge in [-0.2, -0.15) is 0 Å². The van der Waals surface area contributed by atoms with E-state index in [9.17, 15) is 4.79 Å². The van der Waals surface area contributed by atoms with Crippen molar-refractivity contribution >= 4 is 11.6 Å². The van der Waals surface area contributed by atoms with E-state index in [1.165, 1.54) is 0 Å². The molecule has 0 aliphatic rings. The number of hydrogen-bond donors (Lipinski definition) is 2. The van der Waals surface area contributed by atoms with Gasteiger partial charge >= 0.3 is 0 Å². The van der Waals surface area contributed by atoms with Crippen molar-refractivity contribution in [2.45, 2.75) is 33.2 Å². The van der Waals surface area contributed by atoms with Gasteiger partial charge in [-0.25, -0.2) is 0 Å². The summed E-state index contributed by atoms with van der Waals surface area (Å²) in [5, 5.41) is 6.35. The summed E-state index contributed by atoms with van der Waals surface area (Å²) in [6.45, 7) is 7.00. The third-order valence-corrected chi connectivity index (χ3v) is 3.50. The van der Waals surface area contributed by atoms with Gasteiger partial charge in [0, 0.05) is 18.2 Å². The standard InChI is InChI=1S/C17H22N2O2/c1-4-16-14(10-11-21-16)17(20)19-15-9-7-6-8-13(15)12(3)18-5-2/h6-12,18H,4-5H2,1-3H3,(H,19,20). The van der Waals surface area contributed by atoms with Crippen molar-refractivity contribution in [3.63, 3.8) is 0 Å². The van der Waals surface area contributed by atoms with Crippen molar-refractivity contribution in [2.75, 3.05) is 11.9 Å². The Hall–Kier alpha value is -2.07. The van der Waals surface area contributed by atoms with Crippen LogP contribution in [0, 0.1) is 0 Å². The lowest BCUT2D eigenvalue weighted by atomic mass is 10.1. The molecule has 21 heavy (non-hydrogen) atoms. The Labute approximate surface area is 125 Å². The van der Waals surface area contributed by atoms with Crippen molar-refractivity contribution < 1.29 is 9.21 Å². The molecule has 112 valence electrons. The molecule has 1 aromatic heterocycles. The minimum Gasteiger partial charge on any atom is -0.469 e. The third-order valence-electron chi connectivity index (χ3n) is 3.50. The van der Waals surface area contributed by atoms with Crippen LogP contribution in [0.4, 0.5) is 5.69 Å². The minimum atomic E-state index is -0.128. The summed E-state index contributed by atoms with van der Waals surface area (Å²) >= 11 is 0. The molecule has 2 aromatic rings. The first-order chi connectivity index (χ1) is 10.2. The average Bonchev–Trinajstić information content (AvgIpc) is 2.96. The summed E-state index contributed by atoms with van der Waals surface area (Å²) in [7, 11) is 0. The van der Waals surface area contributed by atoms with E-state index in [2.05, 4.69) is 24.5 Å². The van der Waals surface area contributed by atoms with Crippen molar-refractivity contribution in [1.82, 2.24) is 5.32 Å². The molecule has 4 heteroatoms. The molecule has 0 radical (unpaired) electrons. The number of amides is 1. The highest BCUT2D eigenvalue weighted by molar-refractivity contribution is 6.05. The van der Waals surface area contributed by atoms with E-state index < -0.39 is 0 Å². The number of rotatable bonds is 6. The van der Waals surface area contributed by atoms with Gasteiger partial charge in [0.25, 0.3) is 5.91 Å². The highest BCUT2D eigenvalue weighted by Crippen LogP contribution is 2.23. The van der Waals surface area contributed by atoms with Crippen molar-refractivity contribution in [1.29, 1.82) is 0 Å². The Kier molecular flexibility index (Phi) is 5.17. The largest absolute Gasteiger partial charge is 0.469 e. The lowest BCUT2D eigenvalue weighted by molar-refractivity contribution is 0.102. The van der Waals surface area contributed by atoms with Crippen molar-refractivity contribution in [2.24, 2.45) is 0 Å². The molecule has 2 rings (SSSR count). The summed E-state index contributed by atoms with van der Waals surface area (Å²) in [5.74, 6) is 0.585. The van der Waals surface area contributed by atoms with Crippen LogP contribution >= 0.6 is 0 Å². The van der Waals surface area contributed by atoms with Crippen LogP contribution in [0.3, 0.4) is 0 Å². The monoisotopic (exact) mass is 286 g/mol. The molecule has 1 aromatic carbocycles. The van der Waals surface area contributed by atoms with E-state index in [1.54, 1.807) is 12.3 Å². The summed E-state index contributed by atoms with van der Waals surface area (Å²) < 4.78 is 5.32. The molecule has 2 N–H and O–H groups in total. The molecule has 0 saturated carbocycles. The second-order valence-corrected chi connectivity index (χ2v) is 4.93. The van der Waals surface area contributed by atoms with Crippen LogP contribution in [0.1, 0.15) is 48.5 Å². The van der Waals surface area contributed by atoms with E-state index >= 15 is 0 Å². The summed E-state index contributed by atoms with van der Waals surface area (Å²) in [5.41, 5.74) is 2.51. The molecule has 0 spiro atoms. The van der Waals surface area contributed by atoms with E-state index in [1.807, 2.05) is 31.2 Å². The lowest BCUT2D eigenvalue weighted by Crippen LogP contribution is -2.21. The predicted molar refractivity (Wildman–Crippen MR) is 84.6 cm³/mol. The zero-order valence-corrected chi connectivity index (χ0v) is 12.8. The molecule has 0 fully saturated rings. The number of benzene rings is 1. The highest BCUT2D eigenvalue weighted by Gasteiger charge is 2.16. The minimum absolute atomic E-state index is 0.128. The first-order valence-electron chi connectivity index (χ1n) is 7.37. The van der Waals surface area contributed by atoms with Gasteiger partial charge in [0.1, 0.15) is 5.76 Å². The van der Waals surface area contributed by atoms with Crippen LogP contribution in [0.15, 0.2) is 41.0 Å². The number of anilines is 1. The van der Waals surface area contributed by atoms with Gasteiger partial charge in [0.15, 0.2) is 0 Å². The highest BCUT2D eigenvalue weighted by atomic mass is 16.3. The zero-order valence-electron chi connectivity index (χ0n) is 12.8. The third kappa shape index (κ3) is 3.52. The molecule has 1 unspecified atom stereocenters. The summed E-state index contributed by atoms with van der Waals surface area (Å²) in [4.78, 5) is 12.4. The van der Waals surface area contributed by atoms with Crippen molar-refractivity contribution in [3.05, 3.63) is 53.5 Å². The maximum Gasteiger partial charge on any atom is 0.259 e. The van der Waals surface area contributed by atoms with Gasteiger partial charge in [-0.3, -0.25) is 4.79 Å². The van der Waals surface area contributed by atoms with Crippen LogP contribution < -0.4 is 10.6 Å². The second-order valence-electron chi connectivity index (χ2n) is 4.93. The van der Waals surface area contributed by atoms with E-state index in [0.717, 1.165) is 17.8 Å². The van der Waals surface area contributed by atoms with Gasteiger partial charge in [0.05, 0.1) is 11.8 Å². The van der Waals surface area contributed by atoms with E-state index in [-0.39, 0.29) is 11.9 Å². The zero-order chi connectivity index (χ0) is 15.2. The maximum atomic E-state index is 12.4. The average molecular weight is 286 g/mol. The quantitative estimate of drug-likeness (QED) is 0.850. The van der Waals surface area contributed by atoms with Gasteiger partial charge < -0.3 is 15.1 Å². The Morgan fingerprint density at radius 3 is 2.71 bits per heavy atom. The normalized spacial score (nSPS) is 12.1. The van der Waals surface area contributed by atoms with E-state index in [0.29, 0.717) is 17.7 Å². The number of aryl methyl sites for hydroxylation is 1. The number of carbonyl (C=O) groups excluding carboxylic acids is 1. The first-order valence-corrected chi connectivity index (χ1v) is 7.37. The fourth-order valence-corrected chi connectivity index (χ4v) is 2.41. The van der Waals surface area contributed by atoms with Crippen LogP contribution in [-0.2, 0) is 6.42 Å². The molecule has 1 amide bonds. The van der Waals surface area contributed by atoms with Gasteiger partial charge in [-0.15, -0.1) is 0 Å². The fraction of sp³-hybridized carbons (Fsp3) is 0.353. The summed E-state index contributed by atoms with van der Waals surface area (Å²) in [6.07, 6.45) is 2.26. The molecule has 1 atom stereocenters. The molecule has 0 saturated heterocycles. The van der Waals surface area contributed by atoms with Crippen LogP contribution in [0.25, 0.3) is 0 Å². The fourth-order valence-electron chi connectivity index (χ4n) is 2.41. The maximum absolute atomic E-state index is 12.4. The Morgan fingerprint density at radius 1 is 1.24 bits per heavy atom. The smallest absolute Gasteiger partial charge is 0.259 e. The molecule has 4 nitrogen and oxygen atoms in total. The Morgan fingerprint density at radius 2 is 2.00 bits per heavy atom. The van der Waals surface area contributed by atoms with Crippen LogP contribution in [0.2, 0.25) is 0 Å². The topological polar surface area (TPSA) is 54.3 Å². The number of nitrogens with one attached hydrogen (secondary N) is 2. The molecule has 0 aliphatic heterocycles. The SMILES string of the molecule is CCNC(C)c1ccccc1NC(=O)c1ccoc1CC. The van der Waals surface area contributed by atoms with Crippen molar-refractivity contribution in [3.8, 4) is 0 Å². The molecular weight excluding hydrogens is 264 g/mol. The Bertz CT molecular complexity index is 604. The molecule has 0 bridgehead atoms. The summed E-state index contributed by atoms with van der Waals surface area (Å²) in [6, 6.07) is 9.75. The van der Waals surface area contributed by atoms with Gasteiger partial charge in [-0.1, -0.05) is 32.0 Å². The molecule has 0 aliphatic carbocycles. The number of carbonyl (C=O) groups is 1. The molecule has 1 heterocycles. The van der Waals surface area contributed by atoms with Crippen LogP contribution in [-0.4, -0.2) is 12.5 Å². The van der Waals surface area contributed by atoms with Gasteiger partial charge in [0.2, 0.25) is 0 Å². The number of furan rings is 1. The predicted octanol–water partition coefficient (Wildman–Crippen LogP) is 3.76. The van der Waals surface area contributed by atoms with Gasteiger partial charge in [-0.05, 0) is 31.2 Å². The van der Waals surface area contributed by atoms with E-state index in [4.69, 9.17) is 4.42 Å². The van der Waals surface area contributed by atoms with Crippen LogP contribution in [0.5, 0.6) is 0 Å². The lowest BCUT2D eigenvalue weighted by Gasteiger charge is -2.17. The molecular formula is C17H22N2O2.